The molecule has 0 aromatic heterocycles. The Bertz CT molecular complexity index is 716. The first-order valence-corrected chi connectivity index (χ1v) is 8.66. The zero-order valence-electron chi connectivity index (χ0n) is 11.5. The fraction of sp³-hybridized carbons (Fsp3) is 0.200. The van der Waals surface area contributed by atoms with Crippen LogP contribution in [0.15, 0.2) is 57.9 Å². The molecule has 21 heavy (non-hydrogen) atoms. The van der Waals surface area contributed by atoms with E-state index in [1.807, 2.05) is 12.1 Å². The van der Waals surface area contributed by atoms with Gasteiger partial charge in [-0.15, -0.1) is 0 Å². The number of hydrogen-bond donors (Lipinski definition) is 1. The first kappa shape index (κ1) is 16.0. The first-order chi connectivity index (χ1) is 10.0. The van der Waals surface area contributed by atoms with E-state index in [1.54, 1.807) is 43.5 Å². The molecule has 6 heteroatoms. The molecule has 4 nitrogen and oxygen atoms in total. The van der Waals surface area contributed by atoms with Crippen molar-refractivity contribution in [1.82, 2.24) is 0 Å². The van der Waals surface area contributed by atoms with Crippen LogP contribution in [0.4, 0.5) is 5.69 Å². The molecule has 0 spiro atoms. The fourth-order valence-electron chi connectivity index (χ4n) is 1.89. The lowest BCUT2D eigenvalue weighted by Crippen LogP contribution is -2.14. The minimum atomic E-state index is -3.60. The van der Waals surface area contributed by atoms with Crippen LogP contribution in [0.5, 0.6) is 0 Å². The van der Waals surface area contributed by atoms with Gasteiger partial charge in [-0.05, 0) is 36.2 Å². The predicted molar refractivity (Wildman–Crippen MR) is 87.0 cm³/mol. The van der Waals surface area contributed by atoms with Crippen LogP contribution in [0.25, 0.3) is 0 Å². The number of benzene rings is 2. The normalized spacial score (nSPS) is 11.3. The van der Waals surface area contributed by atoms with Crippen LogP contribution in [0.1, 0.15) is 5.56 Å². The fourth-order valence-corrected chi connectivity index (χ4v) is 3.58. The van der Waals surface area contributed by atoms with Gasteiger partial charge in [0, 0.05) is 11.6 Å². The maximum absolute atomic E-state index is 12.4. The number of hydrogen-bond acceptors (Lipinski definition) is 3. The number of anilines is 1. The van der Waals surface area contributed by atoms with E-state index in [1.165, 1.54) is 0 Å². The third-order valence-corrected chi connectivity index (χ3v) is 4.80. The molecule has 0 saturated heterocycles. The van der Waals surface area contributed by atoms with Crippen molar-refractivity contribution in [3.05, 3.63) is 58.6 Å². The lowest BCUT2D eigenvalue weighted by atomic mass is 10.1. The highest BCUT2D eigenvalue weighted by molar-refractivity contribution is 9.10. The van der Waals surface area contributed by atoms with Crippen molar-refractivity contribution in [2.24, 2.45) is 0 Å². The van der Waals surface area contributed by atoms with E-state index in [0.29, 0.717) is 18.7 Å². The maximum Gasteiger partial charge on any atom is 0.261 e. The van der Waals surface area contributed by atoms with Crippen molar-refractivity contribution in [2.75, 3.05) is 18.4 Å². The monoisotopic (exact) mass is 369 g/mol. The van der Waals surface area contributed by atoms with Gasteiger partial charge < -0.3 is 4.74 Å². The summed E-state index contributed by atoms with van der Waals surface area (Å²) in [5, 5.41) is 0. The molecule has 2 rings (SSSR count). The van der Waals surface area contributed by atoms with Gasteiger partial charge >= 0.3 is 0 Å². The van der Waals surface area contributed by atoms with E-state index >= 15 is 0 Å². The van der Waals surface area contributed by atoms with Gasteiger partial charge in [-0.1, -0.05) is 40.2 Å². The van der Waals surface area contributed by atoms with Gasteiger partial charge in [0.15, 0.2) is 0 Å². The van der Waals surface area contributed by atoms with E-state index in [4.69, 9.17) is 4.74 Å². The molecule has 0 aliphatic carbocycles. The van der Waals surface area contributed by atoms with Gasteiger partial charge in [-0.3, -0.25) is 4.72 Å². The molecule has 0 aliphatic heterocycles. The zero-order valence-corrected chi connectivity index (χ0v) is 13.9. The molecule has 112 valence electrons. The van der Waals surface area contributed by atoms with Crippen LogP contribution in [0, 0.1) is 0 Å². The van der Waals surface area contributed by atoms with E-state index < -0.39 is 10.0 Å². The molecule has 0 radical (unpaired) electrons. The number of rotatable bonds is 6. The van der Waals surface area contributed by atoms with Crippen molar-refractivity contribution in [2.45, 2.75) is 11.3 Å². The molecule has 0 bridgehead atoms. The van der Waals surface area contributed by atoms with Gasteiger partial charge in [-0.25, -0.2) is 8.42 Å². The SMILES string of the molecule is COCCc1ccccc1NS(=O)(=O)c1cccc(Br)c1. The third kappa shape index (κ3) is 4.30. The number of ether oxygens (including phenoxy) is 1. The molecule has 0 aliphatic rings. The van der Waals surface area contributed by atoms with Crippen molar-refractivity contribution in [3.63, 3.8) is 0 Å². The Morgan fingerprint density at radius 1 is 1.14 bits per heavy atom. The molecule has 0 heterocycles. The highest BCUT2D eigenvalue weighted by Gasteiger charge is 2.15. The van der Waals surface area contributed by atoms with E-state index in [0.717, 1.165) is 10.0 Å². The summed E-state index contributed by atoms with van der Waals surface area (Å²) in [5.41, 5.74) is 1.48. The average Bonchev–Trinajstić information content (AvgIpc) is 2.46. The molecule has 1 N–H and O–H groups in total. The Hall–Kier alpha value is -1.37. The summed E-state index contributed by atoms with van der Waals surface area (Å²) in [6, 6.07) is 13.9. The van der Waals surface area contributed by atoms with Crippen LogP contribution >= 0.6 is 15.9 Å². The minimum Gasteiger partial charge on any atom is -0.384 e. The van der Waals surface area contributed by atoms with Crippen molar-refractivity contribution in [1.29, 1.82) is 0 Å². The van der Waals surface area contributed by atoms with Crippen LogP contribution in [-0.2, 0) is 21.2 Å². The predicted octanol–water partition coefficient (Wildman–Crippen LogP) is 3.44. The van der Waals surface area contributed by atoms with Crippen molar-refractivity contribution >= 4 is 31.6 Å². The second kappa shape index (κ2) is 7.06. The molecular formula is C15H16BrNO3S. The summed E-state index contributed by atoms with van der Waals surface area (Å²) in [7, 11) is -1.98. The third-order valence-electron chi connectivity index (χ3n) is 2.94. The summed E-state index contributed by atoms with van der Waals surface area (Å²) < 4.78 is 33.2. The summed E-state index contributed by atoms with van der Waals surface area (Å²) in [5.74, 6) is 0. The number of methoxy groups -OCH3 is 1. The van der Waals surface area contributed by atoms with Crippen molar-refractivity contribution in [3.8, 4) is 0 Å². The molecule has 0 unspecified atom stereocenters. The molecule has 0 amide bonds. The number of sulfonamides is 1. The first-order valence-electron chi connectivity index (χ1n) is 6.38. The highest BCUT2D eigenvalue weighted by atomic mass is 79.9. The smallest absolute Gasteiger partial charge is 0.261 e. The van der Waals surface area contributed by atoms with E-state index in [-0.39, 0.29) is 4.90 Å². The van der Waals surface area contributed by atoms with Gasteiger partial charge in [0.05, 0.1) is 17.2 Å². The lowest BCUT2D eigenvalue weighted by Gasteiger charge is -2.12. The van der Waals surface area contributed by atoms with Crippen LogP contribution in [-0.4, -0.2) is 22.1 Å². The zero-order chi connectivity index (χ0) is 15.3. The molecule has 2 aromatic rings. The highest BCUT2D eigenvalue weighted by Crippen LogP contribution is 2.22. The Labute approximate surface area is 133 Å². The number of nitrogens with one attached hydrogen (secondary N) is 1. The van der Waals surface area contributed by atoms with Crippen molar-refractivity contribution < 1.29 is 13.2 Å². The van der Waals surface area contributed by atoms with E-state index in [9.17, 15) is 8.42 Å². The number of para-hydroxylation sites is 1. The summed E-state index contributed by atoms with van der Waals surface area (Å²) >= 11 is 3.28. The molecular weight excluding hydrogens is 354 g/mol. The summed E-state index contributed by atoms with van der Waals surface area (Å²) in [6.45, 7) is 0.537. The molecule has 2 aromatic carbocycles. The molecule has 0 atom stereocenters. The topological polar surface area (TPSA) is 55.4 Å². The van der Waals surface area contributed by atoms with Gasteiger partial charge in [0.1, 0.15) is 0 Å². The largest absolute Gasteiger partial charge is 0.384 e. The van der Waals surface area contributed by atoms with Crippen LogP contribution in [0.2, 0.25) is 0 Å². The van der Waals surface area contributed by atoms with Crippen LogP contribution < -0.4 is 4.72 Å². The van der Waals surface area contributed by atoms with E-state index in [2.05, 4.69) is 20.7 Å². The van der Waals surface area contributed by atoms with Gasteiger partial charge in [0.2, 0.25) is 0 Å². The Morgan fingerprint density at radius 3 is 2.62 bits per heavy atom. The Balaban J connectivity index is 2.29. The standard InChI is InChI=1S/C15H16BrNO3S/c1-20-10-9-12-5-2-3-8-15(12)17-21(18,19)14-7-4-6-13(16)11-14/h2-8,11,17H,9-10H2,1H3. The van der Waals surface area contributed by atoms with Crippen LogP contribution in [0.3, 0.4) is 0 Å². The lowest BCUT2D eigenvalue weighted by molar-refractivity contribution is 0.202. The van der Waals surface area contributed by atoms with Gasteiger partial charge in [-0.2, -0.15) is 0 Å². The Kier molecular flexibility index (Phi) is 5.39. The average molecular weight is 370 g/mol. The van der Waals surface area contributed by atoms with Gasteiger partial charge in [0.25, 0.3) is 10.0 Å². The second-order valence-corrected chi connectivity index (χ2v) is 7.06. The molecule has 0 fully saturated rings. The number of halogens is 1. The quantitative estimate of drug-likeness (QED) is 0.848. The molecule has 0 saturated carbocycles. The summed E-state index contributed by atoms with van der Waals surface area (Å²) in [4.78, 5) is 0.221. The Morgan fingerprint density at radius 2 is 1.90 bits per heavy atom. The minimum absolute atomic E-state index is 0.221. The second-order valence-electron chi connectivity index (χ2n) is 4.46. The summed E-state index contributed by atoms with van der Waals surface area (Å²) in [6.07, 6.45) is 0.647. The maximum atomic E-state index is 12.4.